The van der Waals surface area contributed by atoms with E-state index in [0.717, 1.165) is 0 Å². The number of hydrogen-bond donors (Lipinski definition) is 5. The summed E-state index contributed by atoms with van der Waals surface area (Å²) in [5.41, 5.74) is 6.09. The Hall–Kier alpha value is -2.91. The zero-order valence-corrected chi connectivity index (χ0v) is 18.3. The molecule has 1 aromatic rings. The SMILES string of the molecule is CCC(C)C(NC(=O)C(Cc1cnc[nH]1)NC(C)=O)C(=O)NC(CC(C)C)C(N)=O. The molecule has 0 fully saturated rings. The van der Waals surface area contributed by atoms with E-state index in [4.69, 9.17) is 5.73 Å². The van der Waals surface area contributed by atoms with E-state index >= 15 is 0 Å². The molecule has 30 heavy (non-hydrogen) atoms. The number of carbonyl (C=O) groups is 4. The molecule has 0 aliphatic carbocycles. The maximum Gasteiger partial charge on any atom is 0.243 e. The summed E-state index contributed by atoms with van der Waals surface area (Å²) in [6.45, 7) is 8.88. The Balaban J connectivity index is 2.97. The average Bonchev–Trinajstić information content (AvgIpc) is 3.16. The highest BCUT2D eigenvalue weighted by atomic mass is 16.2. The van der Waals surface area contributed by atoms with Crippen LogP contribution in [-0.2, 0) is 25.6 Å². The molecular weight excluding hydrogens is 388 g/mol. The van der Waals surface area contributed by atoms with Crippen LogP contribution in [-0.4, -0.2) is 51.7 Å². The standard InChI is InChI=1S/C20H34N6O4/c1-6-12(4)17(20(30)25-15(18(21)28)7-11(2)3)26-19(29)16(24-13(5)27)8-14-9-22-10-23-14/h9-12,15-17H,6-8H2,1-5H3,(H2,21,28)(H,22,23)(H,24,27)(H,25,30)(H,26,29). The van der Waals surface area contributed by atoms with Crippen LogP contribution in [0.1, 0.15) is 53.2 Å². The number of carbonyl (C=O) groups excluding carboxylic acids is 4. The van der Waals surface area contributed by atoms with Gasteiger partial charge in [-0.05, 0) is 18.3 Å². The van der Waals surface area contributed by atoms with Crippen molar-refractivity contribution in [3.8, 4) is 0 Å². The first-order valence-corrected chi connectivity index (χ1v) is 10.2. The molecule has 10 nitrogen and oxygen atoms in total. The summed E-state index contributed by atoms with van der Waals surface area (Å²) in [7, 11) is 0. The van der Waals surface area contributed by atoms with Gasteiger partial charge in [-0.3, -0.25) is 19.2 Å². The maximum absolute atomic E-state index is 12.9. The van der Waals surface area contributed by atoms with Gasteiger partial charge in [0.2, 0.25) is 23.6 Å². The van der Waals surface area contributed by atoms with Crippen LogP contribution < -0.4 is 21.7 Å². The topological polar surface area (TPSA) is 159 Å². The predicted molar refractivity (Wildman–Crippen MR) is 112 cm³/mol. The first kappa shape index (κ1) is 25.1. The monoisotopic (exact) mass is 422 g/mol. The van der Waals surface area contributed by atoms with Crippen LogP contribution in [0.4, 0.5) is 0 Å². The van der Waals surface area contributed by atoms with Crippen molar-refractivity contribution < 1.29 is 19.2 Å². The maximum atomic E-state index is 12.9. The second-order valence-electron chi connectivity index (χ2n) is 8.00. The van der Waals surface area contributed by atoms with E-state index in [9.17, 15) is 19.2 Å². The average molecular weight is 423 g/mol. The summed E-state index contributed by atoms with van der Waals surface area (Å²) >= 11 is 0. The van der Waals surface area contributed by atoms with Gasteiger partial charge in [-0.25, -0.2) is 4.98 Å². The second-order valence-corrected chi connectivity index (χ2v) is 8.00. The fourth-order valence-electron chi connectivity index (χ4n) is 3.01. The highest BCUT2D eigenvalue weighted by Gasteiger charge is 2.32. The highest BCUT2D eigenvalue weighted by Crippen LogP contribution is 2.11. The number of H-pyrrole nitrogens is 1. The van der Waals surface area contributed by atoms with Crippen LogP contribution >= 0.6 is 0 Å². The van der Waals surface area contributed by atoms with Gasteiger partial charge in [-0.2, -0.15) is 0 Å². The van der Waals surface area contributed by atoms with Gasteiger partial charge in [-0.1, -0.05) is 34.1 Å². The first-order valence-electron chi connectivity index (χ1n) is 10.2. The molecule has 4 unspecified atom stereocenters. The molecule has 0 spiro atoms. The fourth-order valence-corrected chi connectivity index (χ4v) is 3.01. The van der Waals surface area contributed by atoms with Crippen LogP contribution in [0, 0.1) is 11.8 Å². The summed E-state index contributed by atoms with van der Waals surface area (Å²) in [4.78, 5) is 55.9. The van der Waals surface area contributed by atoms with Gasteiger partial charge in [0.05, 0.1) is 6.33 Å². The molecule has 0 aromatic carbocycles. The van der Waals surface area contributed by atoms with E-state index in [1.165, 1.54) is 13.3 Å². The number of amides is 4. The Labute approximate surface area is 177 Å². The molecule has 0 saturated carbocycles. The quantitative estimate of drug-likeness (QED) is 0.320. The van der Waals surface area contributed by atoms with Crippen molar-refractivity contribution >= 4 is 23.6 Å². The van der Waals surface area contributed by atoms with Gasteiger partial charge >= 0.3 is 0 Å². The molecule has 0 aliphatic rings. The molecule has 0 radical (unpaired) electrons. The first-order chi connectivity index (χ1) is 14.0. The van der Waals surface area contributed by atoms with Gasteiger partial charge in [0.15, 0.2) is 0 Å². The number of primary amides is 1. The Morgan fingerprint density at radius 1 is 1.07 bits per heavy atom. The molecule has 168 valence electrons. The van der Waals surface area contributed by atoms with Gasteiger partial charge in [-0.15, -0.1) is 0 Å². The lowest BCUT2D eigenvalue weighted by Crippen LogP contribution is -2.58. The molecule has 1 rings (SSSR count). The van der Waals surface area contributed by atoms with Crippen molar-refractivity contribution in [3.05, 3.63) is 18.2 Å². The third-order valence-corrected chi connectivity index (χ3v) is 4.83. The molecule has 6 N–H and O–H groups in total. The number of hydrogen-bond acceptors (Lipinski definition) is 5. The van der Waals surface area contributed by atoms with Gasteiger partial charge in [0.1, 0.15) is 18.1 Å². The largest absolute Gasteiger partial charge is 0.368 e. The Morgan fingerprint density at radius 2 is 1.73 bits per heavy atom. The Bertz CT molecular complexity index is 719. The van der Waals surface area contributed by atoms with Crippen molar-refractivity contribution in [2.45, 2.75) is 72.0 Å². The number of aromatic nitrogens is 2. The molecular formula is C20H34N6O4. The molecule has 1 aromatic heterocycles. The van der Waals surface area contributed by atoms with E-state index in [2.05, 4.69) is 25.9 Å². The molecule has 4 amide bonds. The molecule has 0 saturated heterocycles. The van der Waals surface area contributed by atoms with Crippen LogP contribution in [0.15, 0.2) is 12.5 Å². The third kappa shape index (κ3) is 8.22. The van der Waals surface area contributed by atoms with Gasteiger partial charge in [0.25, 0.3) is 0 Å². The number of imidazole rings is 1. The van der Waals surface area contributed by atoms with Crippen LogP contribution in [0.5, 0.6) is 0 Å². The minimum absolute atomic E-state index is 0.151. The summed E-state index contributed by atoms with van der Waals surface area (Å²) < 4.78 is 0. The minimum atomic E-state index is -0.884. The number of nitrogens with zero attached hydrogens (tertiary/aromatic N) is 1. The normalized spacial score (nSPS) is 15.0. The number of nitrogens with two attached hydrogens (primary N) is 1. The number of aromatic amines is 1. The summed E-state index contributed by atoms with van der Waals surface area (Å²) in [5, 5.41) is 7.99. The van der Waals surface area contributed by atoms with E-state index < -0.39 is 35.8 Å². The minimum Gasteiger partial charge on any atom is -0.368 e. The zero-order valence-electron chi connectivity index (χ0n) is 18.3. The third-order valence-electron chi connectivity index (χ3n) is 4.83. The lowest BCUT2D eigenvalue weighted by atomic mass is 9.96. The van der Waals surface area contributed by atoms with Crippen molar-refractivity contribution in [1.82, 2.24) is 25.9 Å². The number of nitrogens with one attached hydrogen (secondary N) is 4. The van der Waals surface area contributed by atoms with Crippen molar-refractivity contribution in [1.29, 1.82) is 0 Å². The summed E-state index contributed by atoms with van der Waals surface area (Å²) in [6.07, 6.45) is 4.25. The van der Waals surface area contributed by atoms with Crippen molar-refractivity contribution in [2.24, 2.45) is 17.6 Å². The molecule has 4 atom stereocenters. The lowest BCUT2D eigenvalue weighted by Gasteiger charge is -2.28. The van der Waals surface area contributed by atoms with Crippen molar-refractivity contribution in [3.63, 3.8) is 0 Å². The molecule has 0 aliphatic heterocycles. The fraction of sp³-hybridized carbons (Fsp3) is 0.650. The van der Waals surface area contributed by atoms with Crippen molar-refractivity contribution in [2.75, 3.05) is 0 Å². The second kappa shape index (κ2) is 11.9. The lowest BCUT2D eigenvalue weighted by molar-refractivity contribution is -0.134. The van der Waals surface area contributed by atoms with E-state index in [0.29, 0.717) is 18.5 Å². The Kier molecular flexibility index (Phi) is 10.00. The number of rotatable bonds is 12. The molecule has 0 bridgehead atoms. The molecule has 10 heteroatoms. The van der Waals surface area contributed by atoms with Gasteiger partial charge < -0.3 is 26.7 Å². The smallest absolute Gasteiger partial charge is 0.243 e. The predicted octanol–water partition coefficient (Wildman–Crippen LogP) is 0.00400. The summed E-state index contributed by atoms with van der Waals surface area (Å²) in [5.74, 6) is -2.03. The van der Waals surface area contributed by atoms with E-state index in [1.807, 2.05) is 27.7 Å². The highest BCUT2D eigenvalue weighted by molar-refractivity contribution is 5.94. The van der Waals surface area contributed by atoms with E-state index in [-0.39, 0.29) is 24.2 Å². The van der Waals surface area contributed by atoms with E-state index in [1.54, 1.807) is 6.20 Å². The Morgan fingerprint density at radius 3 is 2.20 bits per heavy atom. The van der Waals surface area contributed by atoms with Crippen LogP contribution in [0.25, 0.3) is 0 Å². The van der Waals surface area contributed by atoms with Gasteiger partial charge in [0, 0.05) is 25.2 Å². The van der Waals surface area contributed by atoms with Crippen LogP contribution in [0.3, 0.4) is 0 Å². The summed E-state index contributed by atoms with van der Waals surface area (Å²) in [6, 6.07) is -2.59. The zero-order chi connectivity index (χ0) is 22.8. The van der Waals surface area contributed by atoms with Crippen LogP contribution in [0.2, 0.25) is 0 Å². The molecule has 1 heterocycles.